The molecule has 0 unspecified atom stereocenters. The molecule has 4 rings (SSSR count). The van der Waals surface area contributed by atoms with E-state index in [4.69, 9.17) is 0 Å². The number of thiophene rings is 1. The first-order valence-electron chi connectivity index (χ1n) is 10.0. The highest BCUT2D eigenvalue weighted by Gasteiger charge is 2.30. The molecule has 0 aliphatic heterocycles. The van der Waals surface area contributed by atoms with Gasteiger partial charge in [-0.05, 0) is 43.2 Å². The summed E-state index contributed by atoms with van der Waals surface area (Å²) >= 11 is 3.10. The zero-order valence-corrected chi connectivity index (χ0v) is 18.4. The van der Waals surface area contributed by atoms with Crippen molar-refractivity contribution in [3.05, 3.63) is 64.1 Å². The molecule has 0 bridgehead atoms. The highest BCUT2D eigenvalue weighted by molar-refractivity contribution is 7.99. The van der Waals surface area contributed by atoms with Crippen LogP contribution in [0.15, 0.2) is 53.0 Å². The Hall–Kier alpha value is -2.45. The van der Waals surface area contributed by atoms with Gasteiger partial charge in [0.1, 0.15) is 5.82 Å². The van der Waals surface area contributed by atoms with Crippen molar-refractivity contribution in [1.82, 2.24) is 20.1 Å². The van der Waals surface area contributed by atoms with Gasteiger partial charge in [-0.2, -0.15) is 0 Å². The number of carbonyl (C=O) groups is 2. The van der Waals surface area contributed by atoms with Crippen LogP contribution in [0.25, 0.3) is 0 Å². The van der Waals surface area contributed by atoms with Crippen molar-refractivity contribution in [3.63, 3.8) is 0 Å². The minimum atomic E-state index is -0.517. The van der Waals surface area contributed by atoms with Crippen LogP contribution in [0, 0.1) is 0 Å². The predicted octanol–water partition coefficient (Wildman–Crippen LogP) is 3.67. The minimum Gasteiger partial charge on any atom is -0.345 e. The third-order valence-corrected chi connectivity index (χ3v) is 6.82. The number of nitrogens with zero attached hydrogens (tertiary/aromatic N) is 3. The molecule has 0 radical (unpaired) electrons. The van der Waals surface area contributed by atoms with Crippen LogP contribution in [0.1, 0.15) is 42.1 Å². The van der Waals surface area contributed by atoms with Crippen LogP contribution in [-0.4, -0.2) is 38.2 Å². The minimum absolute atomic E-state index is 0.0448. The Kier molecular flexibility index (Phi) is 6.64. The van der Waals surface area contributed by atoms with E-state index >= 15 is 0 Å². The Bertz CT molecular complexity index is 998. The Labute approximate surface area is 184 Å². The average Bonchev–Trinajstić information content (AvgIpc) is 3.29. The van der Waals surface area contributed by atoms with Crippen molar-refractivity contribution >= 4 is 34.8 Å². The molecule has 0 spiro atoms. The molecular weight excluding hydrogens is 416 g/mol. The maximum absolute atomic E-state index is 12.5. The number of carbonyl (C=O) groups excluding carboxylic acids is 2. The van der Waals surface area contributed by atoms with Crippen LogP contribution in [0.5, 0.6) is 0 Å². The van der Waals surface area contributed by atoms with E-state index < -0.39 is 6.04 Å². The summed E-state index contributed by atoms with van der Waals surface area (Å²) in [6.45, 7) is 1.52. The summed E-state index contributed by atoms with van der Waals surface area (Å²) in [6.07, 6.45) is 3.50. The van der Waals surface area contributed by atoms with E-state index in [2.05, 4.69) is 31.5 Å². The molecule has 1 amide bonds. The second-order valence-corrected chi connectivity index (χ2v) is 9.44. The first-order chi connectivity index (χ1) is 14.6. The Morgan fingerprint density at radius 1 is 1.20 bits per heavy atom. The Morgan fingerprint density at radius 3 is 2.67 bits per heavy atom. The molecule has 30 heavy (non-hydrogen) atoms. The van der Waals surface area contributed by atoms with E-state index in [1.807, 2.05) is 36.4 Å². The van der Waals surface area contributed by atoms with Gasteiger partial charge >= 0.3 is 0 Å². The third kappa shape index (κ3) is 5.37. The van der Waals surface area contributed by atoms with Gasteiger partial charge in [0.05, 0.1) is 11.8 Å². The van der Waals surface area contributed by atoms with Crippen LogP contribution in [-0.2, 0) is 22.4 Å². The van der Waals surface area contributed by atoms with Gasteiger partial charge in [0, 0.05) is 17.3 Å². The summed E-state index contributed by atoms with van der Waals surface area (Å²) in [5.74, 6) is 0.953. The highest BCUT2D eigenvalue weighted by atomic mass is 32.2. The lowest BCUT2D eigenvalue weighted by Crippen LogP contribution is -2.42. The van der Waals surface area contributed by atoms with Gasteiger partial charge in [-0.15, -0.1) is 21.5 Å². The number of Topliss-reactive ketones (excluding diaryl/α,β-unsaturated/α-hetero) is 1. The number of nitrogens with one attached hydrogen (secondary N) is 1. The number of thioether (sulfide) groups is 1. The van der Waals surface area contributed by atoms with E-state index in [-0.39, 0.29) is 17.4 Å². The lowest BCUT2D eigenvalue weighted by atomic mass is 10.0. The average molecular weight is 441 g/mol. The Balaban J connectivity index is 1.37. The maximum Gasteiger partial charge on any atom is 0.231 e. The molecular formula is C22H24N4O2S2. The monoisotopic (exact) mass is 440 g/mol. The predicted molar refractivity (Wildman–Crippen MR) is 119 cm³/mol. The second kappa shape index (κ2) is 9.57. The number of hydrogen-bond acceptors (Lipinski definition) is 6. The van der Waals surface area contributed by atoms with Crippen molar-refractivity contribution in [2.24, 2.45) is 0 Å². The van der Waals surface area contributed by atoms with E-state index in [0.29, 0.717) is 12.5 Å². The zero-order chi connectivity index (χ0) is 20.9. The lowest BCUT2D eigenvalue weighted by Gasteiger charge is -2.16. The molecule has 1 aliphatic carbocycles. The maximum atomic E-state index is 12.5. The zero-order valence-electron chi connectivity index (χ0n) is 16.8. The lowest BCUT2D eigenvalue weighted by molar-refractivity contribution is -0.125. The molecule has 2 heterocycles. The van der Waals surface area contributed by atoms with Gasteiger partial charge in [0.25, 0.3) is 0 Å². The van der Waals surface area contributed by atoms with Gasteiger partial charge in [0.15, 0.2) is 10.9 Å². The normalized spacial score (nSPS) is 14.4. The van der Waals surface area contributed by atoms with Crippen LogP contribution in [0.4, 0.5) is 0 Å². The van der Waals surface area contributed by atoms with E-state index in [0.717, 1.165) is 35.8 Å². The van der Waals surface area contributed by atoms with Gasteiger partial charge in [-0.25, -0.2) is 0 Å². The quantitative estimate of drug-likeness (QED) is 0.487. The summed E-state index contributed by atoms with van der Waals surface area (Å²) in [6, 6.07) is 13.8. The third-order valence-electron chi connectivity index (χ3n) is 5.00. The fourth-order valence-electron chi connectivity index (χ4n) is 3.31. The summed E-state index contributed by atoms with van der Waals surface area (Å²) in [4.78, 5) is 25.8. The van der Waals surface area contributed by atoms with Crippen LogP contribution in [0.3, 0.4) is 0 Å². The summed E-state index contributed by atoms with van der Waals surface area (Å²) in [5, 5.41) is 14.5. The molecule has 1 saturated carbocycles. The molecule has 1 N–H and O–H groups in total. The molecule has 1 fully saturated rings. The van der Waals surface area contributed by atoms with Gasteiger partial charge in [-0.3, -0.25) is 9.59 Å². The standard InChI is InChI=1S/C22H24N4O2S2/c1-15(27)19(12-16-6-3-2-4-7-16)23-21(28)14-30-22-25-24-20(26(22)17-9-10-17)13-18-8-5-11-29-18/h2-8,11,17,19H,9-10,12-14H2,1H3,(H,23,28)/t19-/m1/s1. The molecule has 0 saturated heterocycles. The molecule has 156 valence electrons. The molecule has 6 nitrogen and oxygen atoms in total. The van der Waals surface area contributed by atoms with Crippen molar-refractivity contribution in [2.75, 3.05) is 5.75 Å². The second-order valence-electron chi connectivity index (χ2n) is 7.47. The molecule has 1 aromatic carbocycles. The SMILES string of the molecule is CC(=O)[C@@H](Cc1ccccc1)NC(=O)CSc1nnc(Cc2cccs2)n1C1CC1. The molecule has 2 aromatic heterocycles. The van der Waals surface area contributed by atoms with Gasteiger partial charge in [-0.1, -0.05) is 48.2 Å². The van der Waals surface area contributed by atoms with Crippen molar-refractivity contribution in [2.45, 2.75) is 49.8 Å². The topological polar surface area (TPSA) is 76.9 Å². The van der Waals surface area contributed by atoms with Gasteiger partial charge in [0.2, 0.25) is 5.91 Å². The van der Waals surface area contributed by atoms with Crippen molar-refractivity contribution < 1.29 is 9.59 Å². The van der Waals surface area contributed by atoms with E-state index in [9.17, 15) is 9.59 Å². The largest absolute Gasteiger partial charge is 0.345 e. The van der Waals surface area contributed by atoms with Crippen LogP contribution >= 0.6 is 23.1 Å². The summed E-state index contributed by atoms with van der Waals surface area (Å²) in [7, 11) is 0. The first kappa shape index (κ1) is 20.8. The van der Waals surface area contributed by atoms with Crippen LogP contribution < -0.4 is 5.32 Å². The summed E-state index contributed by atoms with van der Waals surface area (Å²) < 4.78 is 2.18. The molecule has 3 aromatic rings. The van der Waals surface area contributed by atoms with E-state index in [1.54, 1.807) is 11.3 Å². The first-order valence-corrected chi connectivity index (χ1v) is 11.9. The smallest absolute Gasteiger partial charge is 0.231 e. The molecule has 1 atom stereocenters. The van der Waals surface area contributed by atoms with Crippen molar-refractivity contribution in [3.8, 4) is 0 Å². The molecule has 1 aliphatic rings. The number of benzene rings is 1. The van der Waals surface area contributed by atoms with Crippen LogP contribution in [0.2, 0.25) is 0 Å². The number of ketones is 1. The molecule has 8 heteroatoms. The summed E-state index contributed by atoms with van der Waals surface area (Å²) in [5.41, 5.74) is 1.03. The number of aromatic nitrogens is 3. The Morgan fingerprint density at radius 2 is 2.00 bits per heavy atom. The fourth-order valence-corrected chi connectivity index (χ4v) is 4.84. The fraction of sp³-hybridized carbons (Fsp3) is 0.364. The highest BCUT2D eigenvalue weighted by Crippen LogP contribution is 2.39. The van der Waals surface area contributed by atoms with E-state index in [1.165, 1.54) is 23.6 Å². The number of rotatable bonds is 10. The number of amides is 1. The van der Waals surface area contributed by atoms with Gasteiger partial charge < -0.3 is 9.88 Å². The van der Waals surface area contributed by atoms with Crippen molar-refractivity contribution in [1.29, 1.82) is 0 Å². The number of hydrogen-bond donors (Lipinski definition) is 1.